The van der Waals surface area contributed by atoms with E-state index in [0.29, 0.717) is 6.04 Å². The van der Waals surface area contributed by atoms with Crippen LogP contribution in [0.3, 0.4) is 0 Å². The quantitative estimate of drug-likeness (QED) is 0.136. The highest BCUT2D eigenvalue weighted by atomic mass is 15.2. The highest BCUT2D eigenvalue weighted by Gasteiger charge is 2.43. The Kier molecular flexibility index (Phi) is 8.57. The largest absolute Gasteiger partial charge is 0.369 e. The lowest BCUT2D eigenvalue weighted by molar-refractivity contribution is 0.703. The van der Waals surface area contributed by atoms with Crippen molar-refractivity contribution in [2.45, 2.75) is 54.5 Å². The van der Waals surface area contributed by atoms with Crippen LogP contribution < -0.4 is 31.1 Å². The third-order valence-corrected chi connectivity index (χ3v) is 13.7. The number of aryl methyl sites for hydroxylation is 2. The van der Waals surface area contributed by atoms with Gasteiger partial charge in [0.05, 0.1) is 22.4 Å². The predicted octanol–water partition coefficient (Wildman–Crippen LogP) is 12.1. The van der Waals surface area contributed by atoms with Crippen LogP contribution in [0.15, 0.2) is 158 Å². The van der Waals surface area contributed by atoms with E-state index >= 15 is 0 Å². The summed E-state index contributed by atoms with van der Waals surface area (Å²) >= 11 is 0. The number of hydrogen-bond acceptors (Lipinski definition) is 3. The Morgan fingerprint density at radius 2 is 0.836 bits per heavy atom. The molecule has 0 aliphatic carbocycles. The molecule has 5 nitrogen and oxygen atoms in total. The zero-order chi connectivity index (χ0) is 41.7. The molecule has 2 aromatic heterocycles. The number of hydrogen-bond donors (Lipinski definition) is 0. The van der Waals surface area contributed by atoms with Crippen molar-refractivity contribution >= 4 is 84.7 Å². The second kappa shape index (κ2) is 14.1. The topological polar surface area (TPSA) is 19.6 Å². The van der Waals surface area contributed by atoms with Crippen LogP contribution in [-0.2, 0) is 0 Å². The number of nitrogens with zero attached hydrogens (tertiary/aromatic N) is 5. The fourth-order valence-electron chi connectivity index (χ4n) is 10.8. The standard InChI is InChI=1S/C55H50BN5/c1-8-57(35(2)3)44-33-49-53-50(34-44)59-39(7)37(5)52-48(61(42-25-17-11-18-26-42)43-27-19-12-20-28-43)32-30-46(55(52)59)56(53)45-29-31-47(51-36(4)38(6)58(49)54(45)51)60(40-21-13-9-14-22-40)41-23-15-10-16-24-41/h9-35H,8H2,1-7H3. The Balaban J connectivity index is 1.26. The van der Waals surface area contributed by atoms with E-state index in [4.69, 9.17) is 0 Å². The number of benzene rings is 7. The lowest BCUT2D eigenvalue weighted by Gasteiger charge is -2.37. The van der Waals surface area contributed by atoms with Gasteiger partial charge in [0.1, 0.15) is 0 Å². The van der Waals surface area contributed by atoms with Crippen LogP contribution in [0.2, 0.25) is 0 Å². The van der Waals surface area contributed by atoms with Gasteiger partial charge in [0.2, 0.25) is 0 Å². The van der Waals surface area contributed by atoms with E-state index in [-0.39, 0.29) is 6.71 Å². The summed E-state index contributed by atoms with van der Waals surface area (Å²) in [6.07, 6.45) is 0. The van der Waals surface area contributed by atoms with Crippen LogP contribution in [0.4, 0.5) is 39.8 Å². The van der Waals surface area contributed by atoms with Gasteiger partial charge in [0, 0.05) is 74.6 Å². The highest BCUT2D eigenvalue weighted by molar-refractivity contribution is 7.00. The first kappa shape index (κ1) is 37.1. The molecule has 9 aromatic rings. The van der Waals surface area contributed by atoms with Crippen molar-refractivity contribution in [1.82, 2.24) is 9.13 Å². The molecule has 0 bridgehead atoms. The third kappa shape index (κ3) is 5.34. The smallest absolute Gasteiger partial charge is 0.252 e. The second-order valence-corrected chi connectivity index (χ2v) is 17.1. The molecule has 0 saturated heterocycles. The fourth-order valence-corrected chi connectivity index (χ4v) is 10.8. The lowest BCUT2D eigenvalue weighted by Crippen LogP contribution is -2.59. The van der Waals surface area contributed by atoms with Gasteiger partial charge in [-0.3, -0.25) is 0 Å². The van der Waals surface area contributed by atoms with Crippen molar-refractivity contribution in [3.05, 3.63) is 180 Å². The van der Waals surface area contributed by atoms with Gasteiger partial charge in [-0.1, -0.05) is 84.9 Å². The molecule has 2 aliphatic heterocycles. The Bertz CT molecular complexity index is 2870. The number of rotatable bonds is 9. The number of anilines is 7. The van der Waals surface area contributed by atoms with Crippen LogP contribution in [-0.4, -0.2) is 28.4 Å². The van der Waals surface area contributed by atoms with Gasteiger partial charge in [-0.25, -0.2) is 0 Å². The Morgan fingerprint density at radius 3 is 1.16 bits per heavy atom. The van der Waals surface area contributed by atoms with Crippen LogP contribution in [0.25, 0.3) is 33.2 Å². The van der Waals surface area contributed by atoms with Gasteiger partial charge in [-0.15, -0.1) is 0 Å². The number of aromatic nitrogens is 2. The van der Waals surface area contributed by atoms with Gasteiger partial charge in [-0.05, 0) is 149 Å². The maximum atomic E-state index is 2.61. The molecule has 2 aliphatic rings. The third-order valence-electron chi connectivity index (χ3n) is 13.7. The maximum Gasteiger partial charge on any atom is 0.252 e. The molecule has 4 heterocycles. The minimum absolute atomic E-state index is 0.0347. The van der Waals surface area contributed by atoms with Crippen molar-refractivity contribution < 1.29 is 0 Å². The zero-order valence-corrected chi connectivity index (χ0v) is 36.1. The van der Waals surface area contributed by atoms with E-state index in [1.807, 2.05) is 0 Å². The van der Waals surface area contributed by atoms with Gasteiger partial charge in [0.25, 0.3) is 6.71 Å². The molecule has 0 fully saturated rings. The molecular formula is C55H50BN5. The minimum atomic E-state index is 0.0347. The molecule has 298 valence electrons. The van der Waals surface area contributed by atoms with Crippen LogP contribution >= 0.6 is 0 Å². The summed E-state index contributed by atoms with van der Waals surface area (Å²) in [5.74, 6) is 0. The summed E-state index contributed by atoms with van der Waals surface area (Å²) in [4.78, 5) is 7.44. The van der Waals surface area contributed by atoms with Crippen LogP contribution in [0, 0.1) is 27.7 Å². The number of para-hydroxylation sites is 4. The monoisotopic (exact) mass is 791 g/mol. The Hall–Kier alpha value is -6.92. The Morgan fingerprint density at radius 1 is 0.475 bits per heavy atom. The molecule has 7 aromatic carbocycles. The summed E-state index contributed by atoms with van der Waals surface area (Å²) < 4.78 is 5.22. The minimum Gasteiger partial charge on any atom is -0.369 e. The lowest BCUT2D eigenvalue weighted by atomic mass is 9.34. The first-order chi connectivity index (χ1) is 29.8. The Labute approximate surface area is 359 Å². The summed E-state index contributed by atoms with van der Waals surface area (Å²) in [7, 11) is 0. The molecule has 11 rings (SSSR count). The normalized spacial score (nSPS) is 12.4. The molecule has 0 radical (unpaired) electrons. The van der Waals surface area contributed by atoms with E-state index < -0.39 is 0 Å². The van der Waals surface area contributed by atoms with Gasteiger partial charge in [0.15, 0.2) is 0 Å². The second-order valence-electron chi connectivity index (χ2n) is 17.1. The van der Waals surface area contributed by atoms with E-state index in [1.165, 1.54) is 89.1 Å². The van der Waals surface area contributed by atoms with E-state index in [0.717, 1.165) is 29.3 Å². The SMILES string of the molecule is CCN(c1cc2c3c(c1)-n1c(C)c(C)c4c(N(c5ccccc5)c5ccccc5)ccc(c41)B3c1ccc(N(c3ccccc3)c3ccccc3)c3c(C)c(C)n-2c13)C(C)C. The molecule has 0 saturated carbocycles. The van der Waals surface area contributed by atoms with Crippen molar-refractivity contribution in [2.75, 3.05) is 21.2 Å². The summed E-state index contributed by atoms with van der Waals surface area (Å²) in [6, 6.07) is 58.4. The molecule has 0 N–H and O–H groups in total. The van der Waals surface area contributed by atoms with Gasteiger partial charge < -0.3 is 23.8 Å². The van der Waals surface area contributed by atoms with Gasteiger partial charge in [-0.2, -0.15) is 0 Å². The molecule has 61 heavy (non-hydrogen) atoms. The van der Waals surface area contributed by atoms with Gasteiger partial charge >= 0.3 is 0 Å². The zero-order valence-electron chi connectivity index (χ0n) is 36.1. The molecule has 0 spiro atoms. The first-order valence-corrected chi connectivity index (χ1v) is 21.8. The predicted molar refractivity (Wildman–Crippen MR) is 261 cm³/mol. The van der Waals surface area contributed by atoms with E-state index in [1.54, 1.807) is 0 Å². The molecule has 0 amide bonds. The average molecular weight is 792 g/mol. The highest BCUT2D eigenvalue weighted by Crippen LogP contribution is 2.47. The van der Waals surface area contributed by atoms with Crippen LogP contribution in [0.1, 0.15) is 43.3 Å². The molecule has 0 atom stereocenters. The van der Waals surface area contributed by atoms with Crippen molar-refractivity contribution in [3.63, 3.8) is 0 Å². The van der Waals surface area contributed by atoms with E-state index in [9.17, 15) is 0 Å². The van der Waals surface area contributed by atoms with Crippen LogP contribution in [0.5, 0.6) is 0 Å². The van der Waals surface area contributed by atoms with Crippen molar-refractivity contribution in [2.24, 2.45) is 0 Å². The van der Waals surface area contributed by atoms with Crippen molar-refractivity contribution in [3.8, 4) is 11.4 Å². The van der Waals surface area contributed by atoms with Crippen molar-refractivity contribution in [1.29, 1.82) is 0 Å². The average Bonchev–Trinajstić information content (AvgIpc) is 3.72. The summed E-state index contributed by atoms with van der Waals surface area (Å²) in [5, 5.41) is 2.61. The maximum absolute atomic E-state index is 2.61. The molecular weight excluding hydrogens is 741 g/mol. The van der Waals surface area contributed by atoms with E-state index in [2.05, 4.69) is 230 Å². The first-order valence-electron chi connectivity index (χ1n) is 21.8. The molecule has 6 heteroatoms. The fraction of sp³-hybridized carbons (Fsp3) is 0.164. The summed E-state index contributed by atoms with van der Waals surface area (Å²) in [6.45, 7) is 17.2. The number of fused-ring (bicyclic) bond motifs is 4. The molecule has 0 unspecified atom stereocenters. The summed E-state index contributed by atoms with van der Waals surface area (Å²) in [5.41, 5.74) is 22.7.